The predicted molar refractivity (Wildman–Crippen MR) is 61.7 cm³/mol. The van der Waals surface area contributed by atoms with E-state index in [1.807, 2.05) is 0 Å². The molecule has 0 unspecified atom stereocenters. The molecule has 0 aliphatic rings. The zero-order valence-electron chi connectivity index (χ0n) is 9.03. The van der Waals surface area contributed by atoms with Gasteiger partial charge < -0.3 is 9.72 Å². The number of unbranched alkanes of at least 4 members (excludes halogenated alkanes) is 2. The van der Waals surface area contributed by atoms with Gasteiger partial charge in [0.15, 0.2) is 5.65 Å². The molecular weight excluding hydrogens is 228 g/mol. The standard InChI is InChI=1S/C10H13ClN4O/c1-2-3-4-5-16-9-7-8(13-6-12-7)14-10(11)15-9/h6H,2-5H2,1H3,(H,12,13,14,15). The lowest BCUT2D eigenvalue weighted by Crippen LogP contribution is -2.00. The molecule has 0 aliphatic heterocycles. The summed E-state index contributed by atoms with van der Waals surface area (Å²) in [6, 6.07) is 0. The van der Waals surface area contributed by atoms with E-state index in [1.165, 1.54) is 0 Å². The molecule has 0 saturated carbocycles. The summed E-state index contributed by atoms with van der Waals surface area (Å²) in [7, 11) is 0. The molecule has 86 valence electrons. The third-order valence-corrected chi connectivity index (χ3v) is 2.38. The van der Waals surface area contributed by atoms with E-state index in [9.17, 15) is 0 Å². The van der Waals surface area contributed by atoms with Crippen molar-refractivity contribution < 1.29 is 4.74 Å². The number of nitrogens with zero attached hydrogens (tertiary/aromatic N) is 3. The first-order valence-electron chi connectivity index (χ1n) is 5.30. The molecule has 2 aromatic rings. The Morgan fingerprint density at radius 2 is 2.25 bits per heavy atom. The first-order chi connectivity index (χ1) is 7.81. The number of hydrogen-bond acceptors (Lipinski definition) is 4. The normalized spacial score (nSPS) is 10.9. The lowest BCUT2D eigenvalue weighted by Gasteiger charge is -2.05. The Bertz CT molecular complexity index is 471. The molecule has 2 heterocycles. The summed E-state index contributed by atoms with van der Waals surface area (Å²) in [4.78, 5) is 15.0. The highest BCUT2D eigenvalue weighted by molar-refractivity contribution is 6.28. The summed E-state index contributed by atoms with van der Waals surface area (Å²) in [6.45, 7) is 2.78. The average molecular weight is 241 g/mol. The van der Waals surface area contributed by atoms with Crippen molar-refractivity contribution >= 4 is 22.8 Å². The SMILES string of the molecule is CCCCCOc1nc(Cl)nc2nc[nH]c12. The summed E-state index contributed by atoms with van der Waals surface area (Å²) < 4.78 is 5.55. The molecule has 0 atom stereocenters. The van der Waals surface area contributed by atoms with Crippen LogP contribution in [-0.2, 0) is 0 Å². The van der Waals surface area contributed by atoms with Crippen LogP contribution in [-0.4, -0.2) is 26.5 Å². The van der Waals surface area contributed by atoms with Crippen LogP contribution in [0.4, 0.5) is 0 Å². The van der Waals surface area contributed by atoms with E-state index in [4.69, 9.17) is 16.3 Å². The molecule has 0 amide bonds. The molecule has 0 radical (unpaired) electrons. The highest BCUT2D eigenvalue weighted by atomic mass is 35.5. The number of rotatable bonds is 5. The summed E-state index contributed by atoms with van der Waals surface area (Å²) in [5.41, 5.74) is 1.23. The van der Waals surface area contributed by atoms with Gasteiger partial charge in [-0.25, -0.2) is 4.98 Å². The monoisotopic (exact) mass is 240 g/mol. The summed E-state index contributed by atoms with van der Waals surface area (Å²) in [5, 5.41) is 0.157. The van der Waals surface area contributed by atoms with Crippen molar-refractivity contribution in [1.82, 2.24) is 19.9 Å². The van der Waals surface area contributed by atoms with Gasteiger partial charge in [-0.15, -0.1) is 0 Å². The van der Waals surface area contributed by atoms with Crippen molar-refractivity contribution in [3.63, 3.8) is 0 Å². The molecule has 2 rings (SSSR count). The van der Waals surface area contributed by atoms with Gasteiger partial charge in [-0.05, 0) is 18.0 Å². The fraction of sp³-hybridized carbons (Fsp3) is 0.500. The first-order valence-corrected chi connectivity index (χ1v) is 5.68. The predicted octanol–water partition coefficient (Wildman–Crippen LogP) is 2.58. The minimum absolute atomic E-state index is 0.157. The zero-order valence-corrected chi connectivity index (χ0v) is 9.79. The van der Waals surface area contributed by atoms with Crippen molar-refractivity contribution in [3.05, 3.63) is 11.6 Å². The van der Waals surface area contributed by atoms with Gasteiger partial charge in [0.2, 0.25) is 11.2 Å². The molecule has 1 N–H and O–H groups in total. The van der Waals surface area contributed by atoms with Crippen LogP contribution in [0.2, 0.25) is 5.28 Å². The number of H-pyrrole nitrogens is 1. The van der Waals surface area contributed by atoms with Crippen molar-refractivity contribution in [2.45, 2.75) is 26.2 Å². The third kappa shape index (κ3) is 2.41. The fourth-order valence-electron chi connectivity index (χ4n) is 1.41. The molecule has 0 aliphatic carbocycles. The van der Waals surface area contributed by atoms with E-state index in [0.717, 1.165) is 19.3 Å². The lowest BCUT2D eigenvalue weighted by atomic mass is 10.3. The van der Waals surface area contributed by atoms with E-state index in [-0.39, 0.29) is 5.28 Å². The molecule has 5 nitrogen and oxygen atoms in total. The maximum absolute atomic E-state index is 5.76. The third-order valence-electron chi connectivity index (χ3n) is 2.21. The Hall–Kier alpha value is -1.36. The van der Waals surface area contributed by atoms with E-state index in [1.54, 1.807) is 6.33 Å². The van der Waals surface area contributed by atoms with Crippen molar-refractivity contribution in [3.8, 4) is 5.88 Å². The van der Waals surface area contributed by atoms with E-state index in [0.29, 0.717) is 23.7 Å². The second kappa shape index (κ2) is 5.12. The molecule has 0 aromatic carbocycles. The zero-order chi connectivity index (χ0) is 11.4. The number of aromatic amines is 1. The highest BCUT2D eigenvalue weighted by Gasteiger charge is 2.09. The molecular formula is C10H13ClN4O. The number of aromatic nitrogens is 4. The Balaban J connectivity index is 2.12. The fourth-order valence-corrected chi connectivity index (χ4v) is 1.56. The van der Waals surface area contributed by atoms with Crippen LogP contribution < -0.4 is 4.74 Å². The number of halogens is 1. The Labute approximate surface area is 98.2 Å². The second-order valence-corrected chi connectivity index (χ2v) is 3.79. The van der Waals surface area contributed by atoms with Crippen LogP contribution in [0.1, 0.15) is 26.2 Å². The van der Waals surface area contributed by atoms with Crippen LogP contribution in [0, 0.1) is 0 Å². The largest absolute Gasteiger partial charge is 0.476 e. The molecule has 0 spiro atoms. The summed E-state index contributed by atoms with van der Waals surface area (Å²) in [6.07, 6.45) is 4.86. The topological polar surface area (TPSA) is 63.7 Å². The van der Waals surface area contributed by atoms with Crippen LogP contribution in [0.3, 0.4) is 0 Å². The molecule has 0 fully saturated rings. The van der Waals surface area contributed by atoms with Gasteiger partial charge in [-0.2, -0.15) is 9.97 Å². The number of hydrogen-bond donors (Lipinski definition) is 1. The van der Waals surface area contributed by atoms with Gasteiger partial charge in [0.1, 0.15) is 5.52 Å². The molecule has 0 saturated heterocycles. The molecule has 16 heavy (non-hydrogen) atoms. The Morgan fingerprint density at radius 1 is 1.38 bits per heavy atom. The Morgan fingerprint density at radius 3 is 3.06 bits per heavy atom. The number of ether oxygens (including phenoxy) is 1. The summed E-state index contributed by atoms with van der Waals surface area (Å²) in [5.74, 6) is 0.476. The van der Waals surface area contributed by atoms with Gasteiger partial charge in [-0.3, -0.25) is 0 Å². The first kappa shape index (κ1) is 11.1. The minimum Gasteiger partial charge on any atom is -0.476 e. The Kier molecular flexibility index (Phi) is 3.56. The number of nitrogens with one attached hydrogen (secondary N) is 1. The van der Waals surface area contributed by atoms with E-state index < -0.39 is 0 Å². The van der Waals surface area contributed by atoms with Gasteiger partial charge in [0, 0.05) is 0 Å². The van der Waals surface area contributed by atoms with Gasteiger partial charge in [0.25, 0.3) is 0 Å². The maximum atomic E-state index is 5.76. The number of imidazole rings is 1. The lowest BCUT2D eigenvalue weighted by molar-refractivity contribution is 0.298. The van der Waals surface area contributed by atoms with Crippen LogP contribution in [0.25, 0.3) is 11.2 Å². The molecule has 2 aromatic heterocycles. The average Bonchev–Trinajstić information content (AvgIpc) is 2.72. The highest BCUT2D eigenvalue weighted by Crippen LogP contribution is 2.20. The van der Waals surface area contributed by atoms with Crippen LogP contribution in [0.15, 0.2) is 6.33 Å². The minimum atomic E-state index is 0.157. The van der Waals surface area contributed by atoms with Crippen molar-refractivity contribution in [1.29, 1.82) is 0 Å². The van der Waals surface area contributed by atoms with Gasteiger partial charge >= 0.3 is 0 Å². The van der Waals surface area contributed by atoms with Gasteiger partial charge in [0.05, 0.1) is 12.9 Å². The smallest absolute Gasteiger partial charge is 0.244 e. The van der Waals surface area contributed by atoms with Crippen LogP contribution >= 0.6 is 11.6 Å². The van der Waals surface area contributed by atoms with Crippen molar-refractivity contribution in [2.75, 3.05) is 6.61 Å². The molecule has 0 bridgehead atoms. The molecule has 6 heteroatoms. The van der Waals surface area contributed by atoms with E-state index >= 15 is 0 Å². The number of fused-ring (bicyclic) bond motifs is 1. The van der Waals surface area contributed by atoms with Crippen molar-refractivity contribution in [2.24, 2.45) is 0 Å². The second-order valence-electron chi connectivity index (χ2n) is 3.45. The van der Waals surface area contributed by atoms with Crippen LogP contribution in [0.5, 0.6) is 5.88 Å². The maximum Gasteiger partial charge on any atom is 0.244 e. The van der Waals surface area contributed by atoms with E-state index in [2.05, 4.69) is 26.9 Å². The quantitative estimate of drug-likeness (QED) is 0.645. The van der Waals surface area contributed by atoms with Gasteiger partial charge in [-0.1, -0.05) is 19.8 Å². The summed E-state index contributed by atoms with van der Waals surface area (Å²) >= 11 is 5.76.